The maximum atomic E-state index is 12.9. The normalized spacial score (nSPS) is 26.6. The topological polar surface area (TPSA) is 69.7 Å². The van der Waals surface area contributed by atoms with Crippen LogP contribution in [0.25, 0.3) is 0 Å². The van der Waals surface area contributed by atoms with Crippen LogP contribution in [0.15, 0.2) is 29.2 Å². The molecule has 1 saturated carbocycles. The first-order valence-electron chi connectivity index (χ1n) is 9.17. The Morgan fingerprint density at radius 2 is 1.81 bits per heavy atom. The van der Waals surface area contributed by atoms with Crippen LogP contribution in [0.3, 0.4) is 0 Å². The van der Waals surface area contributed by atoms with Gasteiger partial charge in [0.05, 0.1) is 16.6 Å². The molecule has 1 aromatic carbocycles. The SMILES string of the molecule is CC1NC2(CCN(S(=O)(=O)c3ccc(Cl)cc3)CC2)N(CC2CC2)C1=O. The summed E-state index contributed by atoms with van der Waals surface area (Å²) in [6, 6.07) is 6.07. The molecule has 0 bridgehead atoms. The van der Waals surface area contributed by atoms with Crippen molar-refractivity contribution >= 4 is 27.5 Å². The monoisotopic (exact) mass is 397 g/mol. The van der Waals surface area contributed by atoms with Gasteiger partial charge in [0.1, 0.15) is 0 Å². The number of sulfonamides is 1. The van der Waals surface area contributed by atoms with Crippen molar-refractivity contribution in [3.8, 4) is 0 Å². The second-order valence-electron chi connectivity index (χ2n) is 7.65. The minimum absolute atomic E-state index is 0.144. The number of nitrogens with zero attached hydrogens (tertiary/aromatic N) is 2. The van der Waals surface area contributed by atoms with Crippen molar-refractivity contribution in [3.05, 3.63) is 29.3 Å². The maximum Gasteiger partial charge on any atom is 0.243 e. The lowest BCUT2D eigenvalue weighted by molar-refractivity contribution is -0.133. The molecule has 3 aliphatic rings. The average molecular weight is 398 g/mol. The van der Waals surface area contributed by atoms with Gasteiger partial charge in [-0.2, -0.15) is 4.31 Å². The molecule has 0 aromatic heterocycles. The Balaban J connectivity index is 1.51. The van der Waals surface area contributed by atoms with Crippen molar-refractivity contribution in [2.24, 2.45) is 5.92 Å². The van der Waals surface area contributed by atoms with Crippen LogP contribution in [0.4, 0.5) is 0 Å². The lowest BCUT2D eigenvalue weighted by Gasteiger charge is -2.44. The van der Waals surface area contributed by atoms with Gasteiger partial charge < -0.3 is 4.90 Å². The molecule has 2 aliphatic heterocycles. The van der Waals surface area contributed by atoms with E-state index in [1.165, 1.54) is 17.1 Å². The summed E-state index contributed by atoms with van der Waals surface area (Å²) in [5.41, 5.74) is -0.398. The predicted molar refractivity (Wildman–Crippen MR) is 99.2 cm³/mol. The first-order valence-corrected chi connectivity index (χ1v) is 11.0. The summed E-state index contributed by atoms with van der Waals surface area (Å²) < 4.78 is 27.3. The molecule has 2 heterocycles. The molecule has 0 radical (unpaired) electrons. The highest BCUT2D eigenvalue weighted by Crippen LogP contribution is 2.38. The molecular formula is C18H24ClN3O3S. The van der Waals surface area contributed by atoms with E-state index in [1.807, 2.05) is 11.8 Å². The van der Waals surface area contributed by atoms with E-state index in [1.54, 1.807) is 24.3 Å². The number of halogens is 1. The second-order valence-corrected chi connectivity index (χ2v) is 10.0. The minimum Gasteiger partial charge on any atom is -0.323 e. The van der Waals surface area contributed by atoms with Crippen LogP contribution in [0, 0.1) is 5.92 Å². The van der Waals surface area contributed by atoms with Gasteiger partial charge in [0.2, 0.25) is 15.9 Å². The zero-order valence-corrected chi connectivity index (χ0v) is 16.4. The molecule has 1 unspecified atom stereocenters. The first kappa shape index (κ1) is 18.2. The maximum absolute atomic E-state index is 12.9. The summed E-state index contributed by atoms with van der Waals surface area (Å²) in [6.45, 7) is 3.49. The number of hydrogen-bond donors (Lipinski definition) is 1. The standard InChI is InChI=1S/C18H24ClN3O3S/c1-13-17(23)22(12-14-2-3-14)18(20-13)8-10-21(11-9-18)26(24,25)16-6-4-15(19)5-7-16/h4-7,13-14,20H,2-3,8-12H2,1H3. The van der Waals surface area contributed by atoms with E-state index in [-0.39, 0.29) is 16.8 Å². The number of amides is 1. The Bertz CT molecular complexity index is 799. The predicted octanol–water partition coefficient (Wildman–Crippen LogP) is 2.05. The summed E-state index contributed by atoms with van der Waals surface area (Å²) in [4.78, 5) is 14.8. The number of hydrogen-bond acceptors (Lipinski definition) is 4. The number of benzene rings is 1. The van der Waals surface area contributed by atoms with Gasteiger partial charge in [-0.3, -0.25) is 10.1 Å². The molecule has 26 heavy (non-hydrogen) atoms. The number of carbonyl (C=O) groups is 1. The van der Waals surface area contributed by atoms with E-state index in [0.717, 1.165) is 6.54 Å². The Kier molecular flexibility index (Phi) is 4.54. The van der Waals surface area contributed by atoms with E-state index in [0.29, 0.717) is 36.9 Å². The van der Waals surface area contributed by atoms with Crippen molar-refractivity contribution in [1.82, 2.24) is 14.5 Å². The van der Waals surface area contributed by atoms with Crippen molar-refractivity contribution in [3.63, 3.8) is 0 Å². The van der Waals surface area contributed by atoms with Crippen molar-refractivity contribution < 1.29 is 13.2 Å². The fourth-order valence-electron chi connectivity index (χ4n) is 4.08. The van der Waals surface area contributed by atoms with Crippen LogP contribution in [0.2, 0.25) is 5.02 Å². The number of nitrogens with one attached hydrogen (secondary N) is 1. The van der Waals surface area contributed by atoms with Gasteiger partial charge in [-0.05, 0) is 62.8 Å². The summed E-state index contributed by atoms with van der Waals surface area (Å²) in [5.74, 6) is 0.754. The minimum atomic E-state index is -3.54. The van der Waals surface area contributed by atoms with Gasteiger partial charge in [-0.1, -0.05) is 11.6 Å². The van der Waals surface area contributed by atoms with Crippen molar-refractivity contribution in [2.45, 2.75) is 49.2 Å². The summed E-state index contributed by atoms with van der Waals surface area (Å²) in [6.07, 6.45) is 3.60. The Morgan fingerprint density at radius 3 is 2.38 bits per heavy atom. The van der Waals surface area contributed by atoms with Crippen LogP contribution < -0.4 is 5.32 Å². The van der Waals surface area contributed by atoms with Crippen molar-refractivity contribution in [2.75, 3.05) is 19.6 Å². The highest BCUT2D eigenvalue weighted by Gasteiger charge is 2.52. The quantitative estimate of drug-likeness (QED) is 0.844. The number of carbonyl (C=O) groups excluding carboxylic acids is 1. The molecule has 1 N–H and O–H groups in total. The molecular weight excluding hydrogens is 374 g/mol. The third-order valence-corrected chi connectivity index (χ3v) is 7.94. The first-order chi connectivity index (χ1) is 12.3. The lowest BCUT2D eigenvalue weighted by atomic mass is 9.97. The highest BCUT2D eigenvalue weighted by atomic mass is 35.5. The molecule has 2 saturated heterocycles. The third-order valence-electron chi connectivity index (χ3n) is 5.78. The van der Waals surface area contributed by atoms with E-state index in [2.05, 4.69) is 5.32 Å². The largest absolute Gasteiger partial charge is 0.323 e. The summed E-state index contributed by atoms with van der Waals surface area (Å²) in [7, 11) is -3.54. The van der Waals surface area contributed by atoms with Gasteiger partial charge in [-0.15, -0.1) is 0 Å². The fraction of sp³-hybridized carbons (Fsp3) is 0.611. The van der Waals surface area contributed by atoms with Gasteiger partial charge in [0, 0.05) is 24.7 Å². The number of piperidine rings is 1. The fourth-order valence-corrected chi connectivity index (χ4v) is 5.64. The van der Waals surface area contributed by atoms with E-state index < -0.39 is 15.7 Å². The highest BCUT2D eigenvalue weighted by molar-refractivity contribution is 7.89. The average Bonchev–Trinajstić information content (AvgIpc) is 3.40. The van der Waals surface area contributed by atoms with E-state index >= 15 is 0 Å². The molecule has 142 valence electrons. The smallest absolute Gasteiger partial charge is 0.243 e. The second kappa shape index (κ2) is 6.48. The van der Waals surface area contributed by atoms with Crippen LogP contribution >= 0.6 is 11.6 Å². The van der Waals surface area contributed by atoms with Crippen LogP contribution in [0.5, 0.6) is 0 Å². The third kappa shape index (κ3) is 3.15. The Morgan fingerprint density at radius 1 is 1.19 bits per heavy atom. The Labute approximate surface area is 159 Å². The van der Waals surface area contributed by atoms with E-state index in [4.69, 9.17) is 11.6 Å². The van der Waals surface area contributed by atoms with E-state index in [9.17, 15) is 13.2 Å². The van der Waals surface area contributed by atoms with Crippen LogP contribution in [0.1, 0.15) is 32.6 Å². The van der Waals surface area contributed by atoms with Gasteiger partial charge in [0.15, 0.2) is 0 Å². The van der Waals surface area contributed by atoms with Crippen LogP contribution in [-0.2, 0) is 14.8 Å². The molecule has 4 rings (SSSR count). The summed E-state index contributed by atoms with van der Waals surface area (Å²) >= 11 is 5.87. The van der Waals surface area contributed by atoms with Crippen LogP contribution in [-0.4, -0.2) is 54.9 Å². The molecule has 1 aromatic rings. The molecule has 1 aliphatic carbocycles. The zero-order chi connectivity index (χ0) is 18.5. The molecule has 1 amide bonds. The molecule has 8 heteroatoms. The van der Waals surface area contributed by atoms with Gasteiger partial charge in [-0.25, -0.2) is 8.42 Å². The van der Waals surface area contributed by atoms with Gasteiger partial charge in [0.25, 0.3) is 0 Å². The van der Waals surface area contributed by atoms with Gasteiger partial charge >= 0.3 is 0 Å². The zero-order valence-electron chi connectivity index (χ0n) is 14.8. The Hall–Kier alpha value is -1.15. The molecule has 1 atom stereocenters. The summed E-state index contributed by atoms with van der Waals surface area (Å²) in [5, 5.41) is 3.97. The molecule has 3 fully saturated rings. The number of rotatable bonds is 4. The molecule has 1 spiro atoms. The van der Waals surface area contributed by atoms with Crippen molar-refractivity contribution in [1.29, 1.82) is 0 Å². The lowest BCUT2D eigenvalue weighted by Crippen LogP contribution is -2.59. The molecule has 6 nitrogen and oxygen atoms in total.